The maximum absolute atomic E-state index is 10.1. The highest BCUT2D eigenvalue weighted by atomic mass is 16.3. The summed E-state index contributed by atoms with van der Waals surface area (Å²) in [7, 11) is 0. The first-order valence-electron chi connectivity index (χ1n) is 8.87. The molecule has 2 aliphatic carbocycles. The van der Waals surface area contributed by atoms with E-state index in [4.69, 9.17) is 0 Å². The van der Waals surface area contributed by atoms with E-state index in [1.54, 1.807) is 13.8 Å². The monoisotopic (exact) mass is 306 g/mol. The molecule has 0 saturated heterocycles. The Balaban J connectivity index is 2.00. The first-order valence-corrected chi connectivity index (χ1v) is 8.87. The van der Waals surface area contributed by atoms with Crippen LogP contribution in [0.5, 0.6) is 0 Å². The van der Waals surface area contributed by atoms with Gasteiger partial charge in [0.05, 0.1) is 11.7 Å². The van der Waals surface area contributed by atoms with Crippen molar-refractivity contribution in [3.63, 3.8) is 0 Å². The molecule has 2 nitrogen and oxygen atoms in total. The molecule has 2 aliphatic rings. The van der Waals surface area contributed by atoms with Gasteiger partial charge >= 0.3 is 0 Å². The summed E-state index contributed by atoms with van der Waals surface area (Å²) in [5.74, 6) is 1.36. The Hall–Kier alpha value is -0.600. The molecular weight excluding hydrogens is 272 g/mol. The van der Waals surface area contributed by atoms with Crippen molar-refractivity contribution < 1.29 is 10.2 Å². The fraction of sp³-hybridized carbons (Fsp3) is 0.800. The summed E-state index contributed by atoms with van der Waals surface area (Å²) in [5, 5.41) is 20.1. The molecule has 126 valence electrons. The zero-order valence-corrected chi connectivity index (χ0v) is 14.9. The van der Waals surface area contributed by atoms with Crippen molar-refractivity contribution >= 4 is 0 Å². The first-order chi connectivity index (χ1) is 10.1. The molecule has 2 N–H and O–H groups in total. The van der Waals surface area contributed by atoms with Crippen LogP contribution < -0.4 is 0 Å². The van der Waals surface area contributed by atoms with Crippen LogP contribution >= 0.6 is 0 Å². The number of hydrogen-bond acceptors (Lipinski definition) is 2. The van der Waals surface area contributed by atoms with Gasteiger partial charge in [0.25, 0.3) is 0 Å². The third-order valence-corrected chi connectivity index (χ3v) is 6.20. The molecule has 0 amide bonds. The molecule has 0 unspecified atom stereocenters. The summed E-state index contributed by atoms with van der Waals surface area (Å²) < 4.78 is 0. The highest BCUT2D eigenvalue weighted by Gasteiger charge is 2.50. The third-order valence-electron chi connectivity index (χ3n) is 6.20. The van der Waals surface area contributed by atoms with Gasteiger partial charge in [-0.2, -0.15) is 0 Å². The molecule has 4 atom stereocenters. The van der Waals surface area contributed by atoms with E-state index in [1.807, 2.05) is 0 Å². The van der Waals surface area contributed by atoms with E-state index in [9.17, 15) is 10.2 Å². The second kappa shape index (κ2) is 6.49. The van der Waals surface area contributed by atoms with Gasteiger partial charge in [-0.05, 0) is 83.0 Å². The number of aliphatic hydroxyl groups excluding tert-OH is 1. The predicted molar refractivity (Wildman–Crippen MR) is 92.6 cm³/mol. The van der Waals surface area contributed by atoms with Gasteiger partial charge in [0, 0.05) is 0 Å². The zero-order valence-electron chi connectivity index (χ0n) is 14.9. The fourth-order valence-corrected chi connectivity index (χ4v) is 4.38. The average Bonchev–Trinajstić information content (AvgIpc) is 2.45. The Morgan fingerprint density at radius 1 is 1.41 bits per heavy atom. The molecule has 0 bridgehead atoms. The van der Waals surface area contributed by atoms with Crippen molar-refractivity contribution in [1.82, 2.24) is 0 Å². The SMILES string of the molecule is C=C1CC/C=C(\C)CC[C@@H]2[C@@H]1C[C@@]2(C)CC[C@H](O)C(C)(C)O. The van der Waals surface area contributed by atoms with E-state index in [0.717, 1.165) is 19.3 Å². The van der Waals surface area contributed by atoms with Crippen LogP contribution in [0.25, 0.3) is 0 Å². The lowest BCUT2D eigenvalue weighted by Gasteiger charge is -2.55. The van der Waals surface area contributed by atoms with Gasteiger partial charge in [0.15, 0.2) is 0 Å². The Labute approximate surface area is 136 Å². The number of aliphatic hydroxyl groups is 2. The van der Waals surface area contributed by atoms with E-state index in [1.165, 1.54) is 30.4 Å². The van der Waals surface area contributed by atoms with E-state index < -0.39 is 11.7 Å². The molecule has 0 aromatic heterocycles. The minimum Gasteiger partial charge on any atom is -0.390 e. The van der Waals surface area contributed by atoms with Gasteiger partial charge in [-0.25, -0.2) is 0 Å². The van der Waals surface area contributed by atoms with Crippen molar-refractivity contribution in [1.29, 1.82) is 0 Å². The summed E-state index contributed by atoms with van der Waals surface area (Å²) in [5.41, 5.74) is 2.24. The number of fused-ring (bicyclic) bond motifs is 1. The van der Waals surface area contributed by atoms with Gasteiger partial charge in [-0.1, -0.05) is 30.7 Å². The van der Waals surface area contributed by atoms with E-state index in [0.29, 0.717) is 23.7 Å². The molecule has 1 saturated carbocycles. The standard InChI is InChI=1S/C20H34O2/c1-14-7-6-8-15(2)16-13-20(5,17(16)10-9-14)12-11-18(21)19(3,4)22/h7,16-18,21-22H,2,6,8-13H2,1,3-5H3/b14-7+/t16-,17-,18+,20-/m1/s1. The van der Waals surface area contributed by atoms with Crippen molar-refractivity contribution in [2.75, 3.05) is 0 Å². The van der Waals surface area contributed by atoms with Crippen molar-refractivity contribution in [2.24, 2.45) is 17.3 Å². The maximum atomic E-state index is 10.1. The van der Waals surface area contributed by atoms with Crippen LogP contribution in [0.1, 0.15) is 72.6 Å². The van der Waals surface area contributed by atoms with Gasteiger partial charge < -0.3 is 10.2 Å². The number of allylic oxidation sites excluding steroid dienone is 3. The minimum absolute atomic E-state index is 0.296. The van der Waals surface area contributed by atoms with Crippen molar-refractivity contribution in [2.45, 2.75) is 84.3 Å². The first kappa shape index (κ1) is 17.7. The van der Waals surface area contributed by atoms with Crippen molar-refractivity contribution in [3.05, 3.63) is 23.8 Å². The molecule has 2 rings (SSSR count). The Kier molecular flexibility index (Phi) is 5.23. The van der Waals surface area contributed by atoms with E-state index in [-0.39, 0.29) is 0 Å². The largest absolute Gasteiger partial charge is 0.390 e. The second-order valence-corrected chi connectivity index (χ2v) is 8.57. The van der Waals surface area contributed by atoms with Crippen LogP contribution in [-0.4, -0.2) is 21.9 Å². The summed E-state index contributed by atoms with van der Waals surface area (Å²) in [6.07, 6.45) is 9.33. The summed E-state index contributed by atoms with van der Waals surface area (Å²) >= 11 is 0. The van der Waals surface area contributed by atoms with Crippen LogP contribution in [0.3, 0.4) is 0 Å². The molecule has 0 heterocycles. The average molecular weight is 306 g/mol. The molecule has 22 heavy (non-hydrogen) atoms. The summed E-state index contributed by atoms with van der Waals surface area (Å²) in [6.45, 7) is 12.4. The lowest BCUT2D eigenvalue weighted by Crippen LogP contribution is -2.48. The molecule has 1 fully saturated rings. The van der Waals surface area contributed by atoms with E-state index in [2.05, 4.69) is 26.5 Å². The normalized spacial score (nSPS) is 37.0. The molecule has 0 aliphatic heterocycles. The Morgan fingerprint density at radius 3 is 2.73 bits per heavy atom. The molecule has 0 radical (unpaired) electrons. The van der Waals surface area contributed by atoms with E-state index >= 15 is 0 Å². The Bertz CT molecular complexity index is 443. The van der Waals surface area contributed by atoms with Crippen LogP contribution in [0.2, 0.25) is 0 Å². The van der Waals surface area contributed by atoms with Gasteiger partial charge in [0.1, 0.15) is 0 Å². The molecular formula is C20H34O2. The van der Waals surface area contributed by atoms with Crippen LogP contribution in [0, 0.1) is 17.3 Å². The molecule has 0 spiro atoms. The zero-order chi connectivity index (χ0) is 16.5. The summed E-state index contributed by atoms with van der Waals surface area (Å²) in [4.78, 5) is 0. The van der Waals surface area contributed by atoms with Crippen LogP contribution in [-0.2, 0) is 0 Å². The lowest BCUT2D eigenvalue weighted by atomic mass is 9.49. The fourth-order valence-electron chi connectivity index (χ4n) is 4.38. The quantitative estimate of drug-likeness (QED) is 0.744. The molecule has 0 aromatic rings. The second-order valence-electron chi connectivity index (χ2n) is 8.57. The van der Waals surface area contributed by atoms with Crippen LogP contribution in [0.4, 0.5) is 0 Å². The highest BCUT2D eigenvalue weighted by Crippen LogP contribution is 2.59. The smallest absolute Gasteiger partial charge is 0.0849 e. The molecule has 0 aromatic carbocycles. The number of hydrogen-bond donors (Lipinski definition) is 2. The number of rotatable bonds is 4. The predicted octanol–water partition coefficient (Wildman–Crippen LogP) is 4.62. The third kappa shape index (κ3) is 3.83. The summed E-state index contributed by atoms with van der Waals surface area (Å²) in [6, 6.07) is 0. The maximum Gasteiger partial charge on any atom is 0.0849 e. The molecule has 2 heteroatoms. The van der Waals surface area contributed by atoms with Gasteiger partial charge in [-0.3, -0.25) is 0 Å². The van der Waals surface area contributed by atoms with Gasteiger partial charge in [-0.15, -0.1) is 0 Å². The van der Waals surface area contributed by atoms with Crippen molar-refractivity contribution in [3.8, 4) is 0 Å². The van der Waals surface area contributed by atoms with Gasteiger partial charge in [0.2, 0.25) is 0 Å². The minimum atomic E-state index is -0.999. The van der Waals surface area contributed by atoms with Crippen LogP contribution in [0.15, 0.2) is 23.8 Å². The highest BCUT2D eigenvalue weighted by molar-refractivity contribution is 5.17. The topological polar surface area (TPSA) is 40.5 Å². The lowest BCUT2D eigenvalue weighted by molar-refractivity contribution is -0.0759. The Morgan fingerprint density at radius 2 is 2.09 bits per heavy atom.